The van der Waals surface area contributed by atoms with E-state index in [2.05, 4.69) is 19.2 Å². The lowest BCUT2D eigenvalue weighted by molar-refractivity contribution is 0.589. The van der Waals surface area contributed by atoms with Crippen molar-refractivity contribution in [2.24, 2.45) is 0 Å². The molecular weight excluding hydrogens is 261 g/mol. The number of halogens is 2. The summed E-state index contributed by atoms with van der Waals surface area (Å²) in [5.74, 6) is -0.223. The molecule has 2 aromatic rings. The second kappa shape index (κ2) is 6.18. The maximum Gasteiger partial charge on any atom is 0.123 e. The summed E-state index contributed by atoms with van der Waals surface area (Å²) in [4.78, 5) is 0. The van der Waals surface area contributed by atoms with Crippen LogP contribution >= 0.6 is 11.6 Å². The molecule has 2 aromatic carbocycles. The average molecular weight is 278 g/mol. The lowest BCUT2D eigenvalue weighted by atomic mass is 10.0. The molecule has 3 heteroatoms. The summed E-state index contributed by atoms with van der Waals surface area (Å²) in [6.45, 7) is 4.92. The SMILES string of the molecule is CC(C)NCc1cc(-c2ccc(F)cc2)ccc1Cl. The highest BCUT2D eigenvalue weighted by atomic mass is 35.5. The Morgan fingerprint density at radius 1 is 1.05 bits per heavy atom. The molecule has 0 saturated carbocycles. The van der Waals surface area contributed by atoms with Gasteiger partial charge in [0.25, 0.3) is 0 Å². The highest BCUT2D eigenvalue weighted by molar-refractivity contribution is 6.31. The van der Waals surface area contributed by atoms with Crippen LogP contribution in [0.25, 0.3) is 11.1 Å². The minimum absolute atomic E-state index is 0.223. The van der Waals surface area contributed by atoms with Crippen LogP contribution in [0.15, 0.2) is 42.5 Å². The van der Waals surface area contributed by atoms with E-state index in [4.69, 9.17) is 11.6 Å². The summed E-state index contributed by atoms with van der Waals surface area (Å²) in [5.41, 5.74) is 3.09. The monoisotopic (exact) mass is 277 g/mol. The minimum Gasteiger partial charge on any atom is -0.310 e. The molecular formula is C16H17ClFN. The Balaban J connectivity index is 2.27. The zero-order valence-electron chi connectivity index (χ0n) is 11.1. The zero-order valence-corrected chi connectivity index (χ0v) is 11.8. The Morgan fingerprint density at radius 3 is 2.32 bits per heavy atom. The van der Waals surface area contributed by atoms with Gasteiger partial charge in [-0.3, -0.25) is 0 Å². The second-order valence-electron chi connectivity index (χ2n) is 4.85. The molecule has 100 valence electrons. The molecule has 0 fully saturated rings. The van der Waals surface area contributed by atoms with Gasteiger partial charge >= 0.3 is 0 Å². The van der Waals surface area contributed by atoms with E-state index in [0.29, 0.717) is 6.04 Å². The summed E-state index contributed by atoms with van der Waals surface area (Å²) < 4.78 is 12.9. The van der Waals surface area contributed by atoms with Crippen LogP contribution in [0.3, 0.4) is 0 Å². The maximum absolute atomic E-state index is 12.9. The van der Waals surface area contributed by atoms with Crippen molar-refractivity contribution in [3.63, 3.8) is 0 Å². The lowest BCUT2D eigenvalue weighted by Gasteiger charge is -2.11. The van der Waals surface area contributed by atoms with Gasteiger partial charge in [-0.2, -0.15) is 0 Å². The summed E-state index contributed by atoms with van der Waals surface area (Å²) in [5, 5.41) is 4.10. The second-order valence-corrected chi connectivity index (χ2v) is 5.26. The number of benzene rings is 2. The van der Waals surface area contributed by atoms with Crippen LogP contribution in [0, 0.1) is 5.82 Å². The van der Waals surface area contributed by atoms with Gasteiger partial charge in [0.05, 0.1) is 0 Å². The van der Waals surface area contributed by atoms with Crippen LogP contribution in [0.4, 0.5) is 4.39 Å². The average Bonchev–Trinajstić information content (AvgIpc) is 2.39. The molecule has 0 saturated heterocycles. The Morgan fingerprint density at radius 2 is 1.68 bits per heavy atom. The summed E-state index contributed by atoms with van der Waals surface area (Å²) in [6, 6.07) is 12.8. The first kappa shape index (κ1) is 14.0. The van der Waals surface area contributed by atoms with E-state index in [1.165, 1.54) is 12.1 Å². The normalized spacial score (nSPS) is 11.0. The number of rotatable bonds is 4. The van der Waals surface area contributed by atoms with Gasteiger partial charge in [-0.05, 0) is 41.0 Å². The third-order valence-electron chi connectivity index (χ3n) is 2.92. The molecule has 0 unspecified atom stereocenters. The molecule has 1 nitrogen and oxygen atoms in total. The van der Waals surface area contributed by atoms with E-state index in [9.17, 15) is 4.39 Å². The fourth-order valence-electron chi connectivity index (χ4n) is 1.85. The molecule has 0 aliphatic rings. The maximum atomic E-state index is 12.9. The van der Waals surface area contributed by atoms with Crippen molar-refractivity contribution < 1.29 is 4.39 Å². The molecule has 0 bridgehead atoms. The van der Waals surface area contributed by atoms with Gasteiger partial charge in [0.15, 0.2) is 0 Å². The molecule has 19 heavy (non-hydrogen) atoms. The molecule has 0 aliphatic heterocycles. The lowest BCUT2D eigenvalue weighted by Crippen LogP contribution is -2.21. The Bertz CT molecular complexity index is 549. The molecule has 0 amide bonds. The molecule has 2 rings (SSSR count). The van der Waals surface area contributed by atoms with Crippen LogP contribution in [0.1, 0.15) is 19.4 Å². The molecule has 0 aliphatic carbocycles. The molecule has 0 spiro atoms. The van der Waals surface area contributed by atoms with Gasteiger partial charge in [-0.25, -0.2) is 4.39 Å². The van der Waals surface area contributed by atoms with Gasteiger partial charge in [-0.1, -0.05) is 43.6 Å². The van der Waals surface area contributed by atoms with Crippen molar-refractivity contribution in [3.05, 3.63) is 58.9 Å². The fourth-order valence-corrected chi connectivity index (χ4v) is 2.03. The predicted octanol–water partition coefficient (Wildman–Crippen LogP) is 4.64. The van der Waals surface area contributed by atoms with E-state index in [-0.39, 0.29) is 5.82 Å². The number of hydrogen-bond donors (Lipinski definition) is 1. The first-order valence-corrected chi connectivity index (χ1v) is 6.72. The van der Waals surface area contributed by atoms with Crippen molar-refractivity contribution >= 4 is 11.6 Å². The van der Waals surface area contributed by atoms with E-state index in [1.807, 2.05) is 18.2 Å². The van der Waals surface area contributed by atoms with E-state index >= 15 is 0 Å². The van der Waals surface area contributed by atoms with Crippen molar-refractivity contribution in [1.29, 1.82) is 0 Å². The highest BCUT2D eigenvalue weighted by Gasteiger charge is 2.05. The topological polar surface area (TPSA) is 12.0 Å². The predicted molar refractivity (Wildman–Crippen MR) is 78.8 cm³/mol. The van der Waals surface area contributed by atoms with Gasteiger partial charge in [0, 0.05) is 17.6 Å². The van der Waals surface area contributed by atoms with Crippen LogP contribution in [-0.4, -0.2) is 6.04 Å². The van der Waals surface area contributed by atoms with Crippen molar-refractivity contribution in [3.8, 4) is 11.1 Å². The molecule has 0 heterocycles. The van der Waals surface area contributed by atoms with Crippen molar-refractivity contribution in [2.75, 3.05) is 0 Å². The molecule has 0 radical (unpaired) electrons. The summed E-state index contributed by atoms with van der Waals surface area (Å²) in [6.07, 6.45) is 0. The minimum atomic E-state index is -0.223. The van der Waals surface area contributed by atoms with Gasteiger partial charge in [-0.15, -0.1) is 0 Å². The Hall–Kier alpha value is -1.38. The fraction of sp³-hybridized carbons (Fsp3) is 0.250. The Kier molecular flexibility index (Phi) is 4.56. The third kappa shape index (κ3) is 3.79. The largest absolute Gasteiger partial charge is 0.310 e. The first-order chi connectivity index (χ1) is 9.06. The van der Waals surface area contributed by atoms with Gasteiger partial charge in [0.1, 0.15) is 5.82 Å². The standard InChI is InChI=1S/C16H17ClFN/c1-11(2)19-10-14-9-13(5-8-16(14)17)12-3-6-15(18)7-4-12/h3-9,11,19H,10H2,1-2H3. The smallest absolute Gasteiger partial charge is 0.123 e. The van der Waals surface area contributed by atoms with Gasteiger partial charge < -0.3 is 5.32 Å². The van der Waals surface area contributed by atoms with Gasteiger partial charge in [0.2, 0.25) is 0 Å². The molecule has 0 atom stereocenters. The Labute approximate surface area is 118 Å². The van der Waals surface area contributed by atoms with Crippen molar-refractivity contribution in [1.82, 2.24) is 5.32 Å². The van der Waals surface area contributed by atoms with E-state index < -0.39 is 0 Å². The summed E-state index contributed by atoms with van der Waals surface area (Å²) >= 11 is 6.19. The van der Waals surface area contributed by atoms with Crippen LogP contribution < -0.4 is 5.32 Å². The summed E-state index contributed by atoms with van der Waals surface area (Å²) in [7, 11) is 0. The molecule has 1 N–H and O–H groups in total. The van der Waals surface area contributed by atoms with Crippen molar-refractivity contribution in [2.45, 2.75) is 26.4 Å². The quantitative estimate of drug-likeness (QED) is 0.858. The van der Waals surface area contributed by atoms with Crippen LogP contribution in [0.2, 0.25) is 5.02 Å². The van der Waals surface area contributed by atoms with Crippen LogP contribution in [0.5, 0.6) is 0 Å². The van der Waals surface area contributed by atoms with Crippen LogP contribution in [-0.2, 0) is 6.54 Å². The highest BCUT2D eigenvalue weighted by Crippen LogP contribution is 2.25. The van der Waals surface area contributed by atoms with E-state index in [0.717, 1.165) is 28.3 Å². The third-order valence-corrected chi connectivity index (χ3v) is 3.29. The van der Waals surface area contributed by atoms with E-state index in [1.54, 1.807) is 12.1 Å². The molecule has 0 aromatic heterocycles. The number of hydrogen-bond acceptors (Lipinski definition) is 1. The number of nitrogens with one attached hydrogen (secondary N) is 1. The zero-order chi connectivity index (χ0) is 13.8. The first-order valence-electron chi connectivity index (χ1n) is 6.34.